The fraction of sp³-hybridized carbons (Fsp3) is 0.290. The summed E-state index contributed by atoms with van der Waals surface area (Å²) in [5.41, 5.74) is 5.15. The van der Waals surface area contributed by atoms with Gasteiger partial charge in [0.2, 0.25) is 11.5 Å². The van der Waals surface area contributed by atoms with Crippen LogP contribution in [0.2, 0.25) is 0 Å². The van der Waals surface area contributed by atoms with Gasteiger partial charge in [-0.3, -0.25) is 9.59 Å². The molecular formula is C31H33N5O4S. The molecule has 1 amide bonds. The minimum Gasteiger partial charge on any atom is -0.348 e. The lowest BCUT2D eigenvalue weighted by atomic mass is 9.82. The van der Waals surface area contributed by atoms with E-state index in [0.29, 0.717) is 30.5 Å². The van der Waals surface area contributed by atoms with Crippen molar-refractivity contribution in [3.63, 3.8) is 0 Å². The van der Waals surface area contributed by atoms with Crippen LogP contribution in [0.5, 0.6) is 0 Å². The van der Waals surface area contributed by atoms with E-state index in [1.54, 1.807) is 55.8 Å². The number of benzene rings is 2. The maximum atomic E-state index is 13.1. The highest BCUT2D eigenvalue weighted by atomic mass is 32.2. The number of hydrogen-bond donors (Lipinski definition) is 2. The Kier molecular flexibility index (Phi) is 8.03. The van der Waals surface area contributed by atoms with E-state index in [1.165, 1.54) is 11.6 Å². The number of amides is 1. The Morgan fingerprint density at radius 2 is 1.78 bits per heavy atom. The SMILES string of the molecule is CCS(=O)(=O)c1ccc(CNC(=O)c2ccc3c(c2)CN(c2ncc(-c4ccc(=O)[nH]c4)cn2)C[C@H]3C(C)C)cc1. The van der Waals surface area contributed by atoms with Gasteiger partial charge in [0.15, 0.2) is 9.84 Å². The Balaban J connectivity index is 1.32. The van der Waals surface area contributed by atoms with Crippen molar-refractivity contribution in [3.05, 3.63) is 106 Å². The van der Waals surface area contributed by atoms with E-state index in [1.807, 2.05) is 12.1 Å². The van der Waals surface area contributed by atoms with Gasteiger partial charge in [-0.15, -0.1) is 0 Å². The second kappa shape index (κ2) is 11.7. The molecule has 4 aromatic rings. The number of anilines is 1. The Bertz CT molecular complexity index is 1690. The molecule has 0 fully saturated rings. The quantitative estimate of drug-likeness (QED) is 0.323. The topological polar surface area (TPSA) is 125 Å². The van der Waals surface area contributed by atoms with Gasteiger partial charge < -0.3 is 15.2 Å². The molecule has 1 aliphatic heterocycles. The van der Waals surface area contributed by atoms with Crippen molar-refractivity contribution in [3.8, 4) is 11.1 Å². The van der Waals surface area contributed by atoms with Gasteiger partial charge in [0.25, 0.3) is 5.91 Å². The lowest BCUT2D eigenvalue weighted by molar-refractivity contribution is 0.0950. The van der Waals surface area contributed by atoms with Crippen molar-refractivity contribution in [1.82, 2.24) is 20.3 Å². The molecule has 9 nitrogen and oxygen atoms in total. The average Bonchev–Trinajstić information content (AvgIpc) is 2.99. The first-order chi connectivity index (χ1) is 19.6. The van der Waals surface area contributed by atoms with Crippen LogP contribution in [0, 0.1) is 5.92 Å². The van der Waals surface area contributed by atoms with Crippen LogP contribution in [0.3, 0.4) is 0 Å². The number of pyridine rings is 1. The summed E-state index contributed by atoms with van der Waals surface area (Å²) in [7, 11) is -3.26. The third kappa shape index (κ3) is 6.22. The van der Waals surface area contributed by atoms with Gasteiger partial charge in [-0.05, 0) is 52.9 Å². The number of H-pyrrole nitrogens is 1. The number of rotatable bonds is 8. The van der Waals surface area contributed by atoms with Crippen molar-refractivity contribution < 1.29 is 13.2 Å². The molecule has 5 rings (SSSR count). The Morgan fingerprint density at radius 3 is 2.41 bits per heavy atom. The van der Waals surface area contributed by atoms with E-state index in [9.17, 15) is 18.0 Å². The second-order valence-electron chi connectivity index (χ2n) is 10.6. The zero-order valence-corrected chi connectivity index (χ0v) is 24.1. The van der Waals surface area contributed by atoms with Crippen LogP contribution in [0.4, 0.5) is 5.95 Å². The minimum atomic E-state index is -3.26. The van der Waals surface area contributed by atoms with Gasteiger partial charge in [0.1, 0.15) is 0 Å². The third-order valence-electron chi connectivity index (χ3n) is 7.54. The molecule has 3 heterocycles. The van der Waals surface area contributed by atoms with Gasteiger partial charge in [-0.1, -0.05) is 39.0 Å². The number of nitrogens with zero attached hydrogens (tertiary/aromatic N) is 3. The van der Waals surface area contributed by atoms with Crippen LogP contribution < -0.4 is 15.8 Å². The number of carbonyl (C=O) groups is 1. The highest BCUT2D eigenvalue weighted by Gasteiger charge is 2.29. The molecule has 1 atom stereocenters. The summed E-state index contributed by atoms with van der Waals surface area (Å²) in [5, 5.41) is 2.95. The average molecular weight is 572 g/mol. The van der Waals surface area contributed by atoms with E-state index in [-0.39, 0.29) is 28.0 Å². The molecule has 0 aliphatic carbocycles. The number of hydrogen-bond acceptors (Lipinski definition) is 7. The molecule has 0 radical (unpaired) electrons. The molecule has 212 valence electrons. The lowest BCUT2D eigenvalue weighted by Gasteiger charge is -2.37. The van der Waals surface area contributed by atoms with E-state index in [0.717, 1.165) is 28.8 Å². The van der Waals surface area contributed by atoms with Crippen molar-refractivity contribution in [2.24, 2.45) is 5.92 Å². The molecule has 2 aromatic heterocycles. The molecule has 0 spiro atoms. The van der Waals surface area contributed by atoms with Gasteiger partial charge in [-0.25, -0.2) is 18.4 Å². The summed E-state index contributed by atoms with van der Waals surface area (Å²) >= 11 is 0. The summed E-state index contributed by atoms with van der Waals surface area (Å²) in [4.78, 5) is 38.8. The summed E-state index contributed by atoms with van der Waals surface area (Å²) in [5.74, 6) is 1.08. The first-order valence-corrected chi connectivity index (χ1v) is 15.3. The van der Waals surface area contributed by atoms with Gasteiger partial charge in [-0.2, -0.15) is 0 Å². The molecular weight excluding hydrogens is 538 g/mol. The zero-order chi connectivity index (χ0) is 29.1. The highest BCUT2D eigenvalue weighted by Crippen LogP contribution is 2.35. The number of aromatic amines is 1. The van der Waals surface area contributed by atoms with Crippen molar-refractivity contribution >= 4 is 21.7 Å². The first-order valence-electron chi connectivity index (χ1n) is 13.6. The maximum Gasteiger partial charge on any atom is 0.251 e. The van der Waals surface area contributed by atoms with Gasteiger partial charge >= 0.3 is 0 Å². The Labute approximate surface area is 239 Å². The molecule has 0 unspecified atom stereocenters. The van der Waals surface area contributed by atoms with Gasteiger partial charge in [0, 0.05) is 66.9 Å². The number of carbonyl (C=O) groups excluding carboxylic acids is 1. The number of fused-ring (bicyclic) bond motifs is 1. The summed E-state index contributed by atoms with van der Waals surface area (Å²) in [6, 6.07) is 15.7. The van der Waals surface area contributed by atoms with E-state index in [4.69, 9.17) is 0 Å². The second-order valence-corrected chi connectivity index (χ2v) is 12.9. The Hall–Kier alpha value is -4.31. The zero-order valence-electron chi connectivity index (χ0n) is 23.3. The molecule has 2 N–H and O–H groups in total. The molecule has 10 heteroatoms. The monoisotopic (exact) mass is 571 g/mol. The number of aromatic nitrogens is 3. The Morgan fingerprint density at radius 1 is 1.05 bits per heavy atom. The summed E-state index contributed by atoms with van der Waals surface area (Å²) in [6.07, 6.45) is 5.15. The van der Waals surface area contributed by atoms with Crippen LogP contribution in [0.25, 0.3) is 11.1 Å². The fourth-order valence-corrected chi connectivity index (χ4v) is 5.95. The van der Waals surface area contributed by atoms with Crippen LogP contribution >= 0.6 is 0 Å². The van der Waals surface area contributed by atoms with Crippen LogP contribution in [-0.2, 0) is 22.9 Å². The number of nitrogens with one attached hydrogen (secondary N) is 2. The van der Waals surface area contributed by atoms with Crippen LogP contribution in [0.15, 0.2) is 82.9 Å². The van der Waals surface area contributed by atoms with Gasteiger partial charge in [0.05, 0.1) is 10.6 Å². The maximum absolute atomic E-state index is 13.1. The normalized spacial score (nSPS) is 15.0. The predicted octanol–water partition coefficient (Wildman–Crippen LogP) is 4.32. The van der Waals surface area contributed by atoms with Crippen molar-refractivity contribution in [2.45, 2.75) is 44.7 Å². The molecule has 0 saturated heterocycles. The van der Waals surface area contributed by atoms with Crippen molar-refractivity contribution in [1.29, 1.82) is 0 Å². The third-order valence-corrected chi connectivity index (χ3v) is 9.29. The van der Waals surface area contributed by atoms with E-state index < -0.39 is 9.84 Å². The standard InChI is InChI=1S/C31H33N5O4S/c1-4-41(39,40)26-9-5-21(6-10-26)14-33-30(38)22-7-11-27-24(13-22)18-36(19-28(27)20(2)3)31-34-16-25(17-35-31)23-8-12-29(37)32-15-23/h5-13,15-17,20,28H,4,14,18-19H2,1-3H3,(H,32,37)(H,33,38)/t28-/m0/s1. The largest absolute Gasteiger partial charge is 0.348 e. The smallest absolute Gasteiger partial charge is 0.251 e. The lowest BCUT2D eigenvalue weighted by Crippen LogP contribution is -2.37. The van der Waals surface area contributed by atoms with Crippen LogP contribution in [0.1, 0.15) is 53.7 Å². The number of sulfone groups is 1. The fourth-order valence-electron chi connectivity index (χ4n) is 5.06. The molecule has 2 aromatic carbocycles. The van der Waals surface area contributed by atoms with Crippen molar-refractivity contribution in [2.75, 3.05) is 17.2 Å². The minimum absolute atomic E-state index is 0.0463. The summed E-state index contributed by atoms with van der Waals surface area (Å²) < 4.78 is 24.1. The molecule has 41 heavy (non-hydrogen) atoms. The molecule has 0 saturated carbocycles. The molecule has 1 aliphatic rings. The summed E-state index contributed by atoms with van der Waals surface area (Å²) in [6.45, 7) is 7.62. The highest BCUT2D eigenvalue weighted by molar-refractivity contribution is 7.91. The predicted molar refractivity (Wildman–Crippen MR) is 158 cm³/mol. The van der Waals surface area contributed by atoms with E-state index in [2.05, 4.69) is 45.1 Å². The first kappa shape index (κ1) is 28.2. The molecule has 0 bridgehead atoms. The van der Waals surface area contributed by atoms with E-state index >= 15 is 0 Å². The van der Waals surface area contributed by atoms with Crippen LogP contribution in [-0.4, -0.2) is 41.6 Å².